The monoisotopic (exact) mass is 190 g/mol. The Morgan fingerprint density at radius 3 is 1.92 bits per heavy atom. The minimum absolute atomic E-state index is 0.273. The molecule has 0 aromatic rings. The molecule has 70 valence electrons. The molecule has 1 aliphatic rings. The average molecular weight is 190 g/mol. The standard InChI is InChI=1S/C7H14N2O2S/c1-5-6(8)7(2,3)9(4)12(5,10)11/h8H2,1-4H3. The summed E-state index contributed by atoms with van der Waals surface area (Å²) in [6, 6.07) is 0. The van der Waals surface area contributed by atoms with Crippen LogP contribution in [-0.4, -0.2) is 25.3 Å². The Hall–Kier alpha value is -0.550. The van der Waals surface area contributed by atoms with Crippen molar-refractivity contribution in [2.75, 3.05) is 7.05 Å². The van der Waals surface area contributed by atoms with E-state index in [4.69, 9.17) is 5.73 Å². The molecule has 0 bridgehead atoms. The highest BCUT2D eigenvalue weighted by Crippen LogP contribution is 2.35. The molecule has 12 heavy (non-hydrogen) atoms. The number of sulfonamides is 1. The summed E-state index contributed by atoms with van der Waals surface area (Å²) < 4.78 is 24.3. The molecular weight excluding hydrogens is 176 g/mol. The zero-order chi connectivity index (χ0) is 9.73. The second-order valence-electron chi connectivity index (χ2n) is 3.50. The molecule has 0 aromatic carbocycles. The number of nitrogens with zero attached hydrogens (tertiary/aromatic N) is 1. The summed E-state index contributed by atoms with van der Waals surface area (Å²) in [5, 5.41) is 0. The summed E-state index contributed by atoms with van der Waals surface area (Å²) >= 11 is 0. The maximum atomic E-state index is 11.5. The van der Waals surface area contributed by atoms with E-state index in [2.05, 4.69) is 0 Å². The summed E-state index contributed by atoms with van der Waals surface area (Å²) in [4.78, 5) is 0.273. The lowest BCUT2D eigenvalue weighted by Crippen LogP contribution is -2.42. The molecule has 0 unspecified atom stereocenters. The fourth-order valence-electron chi connectivity index (χ4n) is 1.25. The molecular formula is C7H14N2O2S. The average Bonchev–Trinajstić information content (AvgIpc) is 2.06. The third kappa shape index (κ3) is 0.895. The predicted molar refractivity (Wildman–Crippen MR) is 47.6 cm³/mol. The quantitative estimate of drug-likeness (QED) is 0.594. The molecule has 0 fully saturated rings. The van der Waals surface area contributed by atoms with Crippen LogP contribution in [0.25, 0.3) is 0 Å². The van der Waals surface area contributed by atoms with E-state index in [0.717, 1.165) is 0 Å². The van der Waals surface area contributed by atoms with Gasteiger partial charge in [-0.3, -0.25) is 0 Å². The van der Waals surface area contributed by atoms with Crippen LogP contribution in [0, 0.1) is 0 Å². The molecule has 2 N–H and O–H groups in total. The van der Waals surface area contributed by atoms with Crippen LogP contribution in [0.15, 0.2) is 10.6 Å². The van der Waals surface area contributed by atoms with Gasteiger partial charge in [-0.25, -0.2) is 8.42 Å². The van der Waals surface area contributed by atoms with Crippen LogP contribution in [0.2, 0.25) is 0 Å². The van der Waals surface area contributed by atoms with Gasteiger partial charge in [0.1, 0.15) is 0 Å². The van der Waals surface area contributed by atoms with Crippen molar-refractivity contribution in [2.24, 2.45) is 5.73 Å². The number of allylic oxidation sites excluding steroid dienone is 1. The molecule has 0 saturated carbocycles. The van der Waals surface area contributed by atoms with Crippen molar-refractivity contribution in [2.45, 2.75) is 26.3 Å². The Kier molecular flexibility index (Phi) is 1.77. The zero-order valence-corrected chi connectivity index (χ0v) is 8.57. The molecule has 1 heterocycles. The molecule has 0 spiro atoms. The van der Waals surface area contributed by atoms with Gasteiger partial charge < -0.3 is 5.73 Å². The number of hydrogen-bond acceptors (Lipinski definition) is 3. The van der Waals surface area contributed by atoms with Gasteiger partial charge in [0.2, 0.25) is 10.0 Å². The molecule has 0 aliphatic carbocycles. The van der Waals surface area contributed by atoms with E-state index in [1.807, 2.05) is 0 Å². The fourth-order valence-corrected chi connectivity index (χ4v) is 2.88. The minimum Gasteiger partial charge on any atom is -0.400 e. The van der Waals surface area contributed by atoms with Crippen molar-refractivity contribution in [3.63, 3.8) is 0 Å². The van der Waals surface area contributed by atoms with Crippen LogP contribution in [-0.2, 0) is 10.0 Å². The van der Waals surface area contributed by atoms with Crippen molar-refractivity contribution in [3.8, 4) is 0 Å². The van der Waals surface area contributed by atoms with E-state index in [0.29, 0.717) is 5.70 Å². The molecule has 4 nitrogen and oxygen atoms in total. The van der Waals surface area contributed by atoms with Crippen LogP contribution >= 0.6 is 0 Å². The minimum atomic E-state index is -3.27. The normalized spacial score (nSPS) is 28.0. The first-order valence-electron chi connectivity index (χ1n) is 3.68. The Morgan fingerprint density at radius 2 is 1.83 bits per heavy atom. The topological polar surface area (TPSA) is 63.4 Å². The Bertz CT molecular complexity index is 340. The number of hydrogen-bond donors (Lipinski definition) is 1. The highest BCUT2D eigenvalue weighted by atomic mass is 32.2. The summed E-state index contributed by atoms with van der Waals surface area (Å²) in [6.45, 7) is 5.11. The summed E-state index contributed by atoms with van der Waals surface area (Å²) in [6.07, 6.45) is 0. The zero-order valence-electron chi connectivity index (χ0n) is 7.75. The highest BCUT2D eigenvalue weighted by Gasteiger charge is 2.44. The highest BCUT2D eigenvalue weighted by molar-refractivity contribution is 7.93. The summed E-state index contributed by atoms with van der Waals surface area (Å²) in [7, 11) is -1.73. The van der Waals surface area contributed by atoms with Gasteiger partial charge in [-0.2, -0.15) is 4.31 Å². The van der Waals surface area contributed by atoms with Crippen LogP contribution in [0.3, 0.4) is 0 Å². The van der Waals surface area contributed by atoms with E-state index >= 15 is 0 Å². The third-order valence-electron chi connectivity index (χ3n) is 2.57. The van der Waals surface area contributed by atoms with Gasteiger partial charge in [-0.05, 0) is 20.8 Å². The van der Waals surface area contributed by atoms with E-state index < -0.39 is 15.6 Å². The molecule has 0 saturated heterocycles. The summed E-state index contributed by atoms with van der Waals surface area (Å²) in [5.74, 6) is 0. The molecule has 0 aromatic heterocycles. The Labute approximate surface area is 73.1 Å². The van der Waals surface area contributed by atoms with Crippen LogP contribution < -0.4 is 5.73 Å². The van der Waals surface area contributed by atoms with Gasteiger partial charge in [0.15, 0.2) is 0 Å². The molecule has 5 heteroatoms. The number of likely N-dealkylation sites (N-methyl/N-ethyl adjacent to an activating group) is 1. The molecule has 0 atom stereocenters. The second kappa shape index (κ2) is 2.23. The first kappa shape index (κ1) is 9.54. The van der Waals surface area contributed by atoms with Crippen LogP contribution in [0.5, 0.6) is 0 Å². The predicted octanol–water partition coefficient (Wildman–Crippen LogP) is 0.230. The van der Waals surface area contributed by atoms with Crippen LogP contribution in [0.1, 0.15) is 20.8 Å². The van der Waals surface area contributed by atoms with Gasteiger partial charge in [-0.1, -0.05) is 0 Å². The first-order chi connectivity index (χ1) is 5.22. The lowest BCUT2D eigenvalue weighted by molar-refractivity contribution is 0.325. The molecule has 1 rings (SSSR count). The number of nitrogens with two attached hydrogens (primary N) is 1. The molecule has 0 radical (unpaired) electrons. The van der Waals surface area contributed by atoms with E-state index in [1.54, 1.807) is 20.9 Å². The van der Waals surface area contributed by atoms with E-state index in [1.165, 1.54) is 11.2 Å². The van der Waals surface area contributed by atoms with Gasteiger partial charge in [0.05, 0.1) is 10.4 Å². The fraction of sp³-hybridized carbons (Fsp3) is 0.714. The molecule has 1 aliphatic heterocycles. The van der Waals surface area contributed by atoms with Crippen molar-refractivity contribution >= 4 is 10.0 Å². The SMILES string of the molecule is CC1=C(N)C(C)(C)N(C)S1(=O)=O. The van der Waals surface area contributed by atoms with Gasteiger partial charge >= 0.3 is 0 Å². The third-order valence-corrected chi connectivity index (χ3v) is 4.74. The first-order valence-corrected chi connectivity index (χ1v) is 5.12. The molecule has 0 amide bonds. The number of rotatable bonds is 0. The smallest absolute Gasteiger partial charge is 0.241 e. The second-order valence-corrected chi connectivity index (χ2v) is 5.61. The lowest BCUT2D eigenvalue weighted by atomic mass is 10.0. The van der Waals surface area contributed by atoms with Crippen molar-refractivity contribution in [1.29, 1.82) is 0 Å². The lowest BCUT2D eigenvalue weighted by Gasteiger charge is -2.27. The Morgan fingerprint density at radius 1 is 1.42 bits per heavy atom. The van der Waals surface area contributed by atoms with Crippen molar-refractivity contribution in [1.82, 2.24) is 4.31 Å². The van der Waals surface area contributed by atoms with Crippen LogP contribution in [0.4, 0.5) is 0 Å². The van der Waals surface area contributed by atoms with Crippen molar-refractivity contribution in [3.05, 3.63) is 10.6 Å². The largest absolute Gasteiger partial charge is 0.400 e. The van der Waals surface area contributed by atoms with E-state index in [-0.39, 0.29) is 4.91 Å². The van der Waals surface area contributed by atoms with Gasteiger partial charge in [0.25, 0.3) is 0 Å². The summed E-state index contributed by atoms with van der Waals surface area (Å²) in [5.41, 5.74) is 5.54. The van der Waals surface area contributed by atoms with Gasteiger partial charge in [0, 0.05) is 12.7 Å². The maximum absolute atomic E-state index is 11.5. The van der Waals surface area contributed by atoms with E-state index in [9.17, 15) is 8.42 Å². The Balaban J connectivity index is 3.42. The van der Waals surface area contributed by atoms with Crippen molar-refractivity contribution < 1.29 is 8.42 Å². The van der Waals surface area contributed by atoms with Gasteiger partial charge in [-0.15, -0.1) is 0 Å². The maximum Gasteiger partial charge on any atom is 0.241 e.